The molecule has 1 amide bonds. The monoisotopic (exact) mass is 414 g/mol. The molecule has 30 heavy (non-hydrogen) atoms. The summed E-state index contributed by atoms with van der Waals surface area (Å²) in [6.07, 6.45) is -0.802. The summed E-state index contributed by atoms with van der Waals surface area (Å²) in [7, 11) is 1.52. The lowest BCUT2D eigenvalue weighted by Gasteiger charge is -2.20. The number of nitrogens with one attached hydrogen (secondary N) is 1. The number of methoxy groups -OCH3 is 1. The molecule has 0 atom stereocenters. The van der Waals surface area contributed by atoms with E-state index in [0.717, 1.165) is 4.90 Å². The zero-order valence-electron chi connectivity index (χ0n) is 16.8. The van der Waals surface area contributed by atoms with Crippen LogP contribution in [0, 0.1) is 5.41 Å². The van der Waals surface area contributed by atoms with Crippen molar-refractivity contribution in [2.45, 2.75) is 13.5 Å². The maximum absolute atomic E-state index is 12.5. The third-order valence-electron chi connectivity index (χ3n) is 3.98. The molecule has 0 aliphatic rings. The number of nitrogens with zero attached hydrogens (tertiary/aromatic N) is 1. The van der Waals surface area contributed by atoms with Crippen LogP contribution in [0.3, 0.4) is 0 Å². The van der Waals surface area contributed by atoms with Crippen LogP contribution in [0.4, 0.5) is 4.79 Å². The van der Waals surface area contributed by atoms with Crippen LogP contribution in [0.5, 0.6) is 17.2 Å². The summed E-state index contributed by atoms with van der Waals surface area (Å²) >= 11 is 0. The second-order valence-corrected chi connectivity index (χ2v) is 6.39. The predicted molar refractivity (Wildman–Crippen MR) is 109 cm³/mol. The number of carbonyl (C=O) groups is 2. The van der Waals surface area contributed by atoms with Crippen LogP contribution in [-0.4, -0.2) is 53.8 Å². The molecule has 0 aliphatic heterocycles. The lowest BCUT2D eigenvalue weighted by Crippen LogP contribution is -2.44. The summed E-state index contributed by atoms with van der Waals surface area (Å²) in [5.41, 5.74) is 1.16. The number of amides is 1. The Morgan fingerprint density at radius 3 is 2.37 bits per heavy atom. The SMILES string of the molecule is COc1ccc(OC(=O)N(CC(=O)O)Cc2cccc(OCC(=N)C(C)=[NH2+])c2)cc1. The number of hydrogen-bond acceptors (Lipinski definition) is 6. The van der Waals surface area contributed by atoms with Crippen molar-refractivity contribution in [2.24, 2.45) is 0 Å². The first kappa shape index (κ1) is 22.4. The van der Waals surface area contributed by atoms with Crippen LogP contribution < -0.4 is 19.6 Å². The van der Waals surface area contributed by atoms with Gasteiger partial charge in [0.15, 0.2) is 5.71 Å². The number of carboxylic acid groups (broad SMARTS) is 1. The van der Waals surface area contributed by atoms with E-state index in [9.17, 15) is 9.59 Å². The molecule has 0 fully saturated rings. The van der Waals surface area contributed by atoms with Crippen molar-refractivity contribution in [1.82, 2.24) is 4.90 Å². The Labute approximate surface area is 173 Å². The van der Waals surface area contributed by atoms with E-state index < -0.39 is 18.6 Å². The molecule has 2 aromatic rings. The Morgan fingerprint density at radius 1 is 1.10 bits per heavy atom. The van der Waals surface area contributed by atoms with Gasteiger partial charge in [-0.3, -0.25) is 20.5 Å². The number of nitrogens with two attached hydrogens (primary N) is 1. The van der Waals surface area contributed by atoms with Crippen molar-refractivity contribution >= 4 is 23.5 Å². The van der Waals surface area contributed by atoms with Crippen molar-refractivity contribution in [2.75, 3.05) is 20.3 Å². The Morgan fingerprint density at radius 2 is 1.77 bits per heavy atom. The van der Waals surface area contributed by atoms with E-state index in [1.165, 1.54) is 7.11 Å². The highest BCUT2D eigenvalue weighted by Crippen LogP contribution is 2.19. The molecule has 9 nitrogen and oxygen atoms in total. The number of carbonyl (C=O) groups excluding carboxylic acids is 1. The van der Waals surface area contributed by atoms with Crippen molar-refractivity contribution in [3.05, 3.63) is 54.1 Å². The molecule has 2 aromatic carbocycles. The second-order valence-electron chi connectivity index (χ2n) is 6.39. The Hall–Kier alpha value is -3.88. The molecule has 2 rings (SSSR count). The van der Waals surface area contributed by atoms with Gasteiger partial charge < -0.3 is 19.3 Å². The van der Waals surface area contributed by atoms with Gasteiger partial charge in [-0.25, -0.2) is 4.79 Å². The zero-order chi connectivity index (χ0) is 22.1. The molecule has 9 heteroatoms. The molecule has 0 aliphatic carbocycles. The number of ether oxygens (including phenoxy) is 3. The number of carboxylic acids is 1. The maximum atomic E-state index is 12.5. The molecule has 4 N–H and O–H groups in total. The number of benzene rings is 2. The first-order valence-corrected chi connectivity index (χ1v) is 8.99. The fourth-order valence-electron chi connectivity index (χ4n) is 2.38. The van der Waals surface area contributed by atoms with Crippen LogP contribution in [0.1, 0.15) is 12.5 Å². The molecule has 0 bridgehead atoms. The van der Waals surface area contributed by atoms with E-state index >= 15 is 0 Å². The summed E-state index contributed by atoms with van der Waals surface area (Å²) < 4.78 is 15.8. The summed E-state index contributed by atoms with van der Waals surface area (Å²) in [6.45, 7) is 1.08. The van der Waals surface area contributed by atoms with Crippen molar-refractivity contribution in [3.8, 4) is 17.2 Å². The van der Waals surface area contributed by atoms with Gasteiger partial charge in [0.05, 0.1) is 7.11 Å². The summed E-state index contributed by atoms with van der Waals surface area (Å²) in [5, 5.41) is 22.4. The van der Waals surface area contributed by atoms with Crippen LogP contribution in [-0.2, 0) is 11.3 Å². The van der Waals surface area contributed by atoms with E-state index in [1.54, 1.807) is 55.5 Å². The van der Waals surface area contributed by atoms with E-state index in [-0.39, 0.29) is 24.6 Å². The first-order valence-electron chi connectivity index (χ1n) is 8.99. The number of aliphatic carboxylic acids is 1. The molecule has 0 aromatic heterocycles. The molecule has 0 heterocycles. The predicted octanol–water partition coefficient (Wildman–Crippen LogP) is 1.40. The average Bonchev–Trinajstić information content (AvgIpc) is 2.72. The molecular weight excluding hydrogens is 390 g/mol. The van der Waals surface area contributed by atoms with E-state index in [1.807, 2.05) is 0 Å². The van der Waals surface area contributed by atoms with Crippen molar-refractivity contribution in [3.63, 3.8) is 0 Å². The van der Waals surface area contributed by atoms with Gasteiger partial charge in [-0.15, -0.1) is 0 Å². The Bertz CT molecular complexity index is 927. The molecule has 0 saturated heterocycles. The van der Waals surface area contributed by atoms with E-state index in [2.05, 4.69) is 0 Å². The smallest absolute Gasteiger partial charge is 0.416 e. The molecule has 0 radical (unpaired) electrons. The largest absolute Gasteiger partial charge is 0.497 e. The molecule has 0 saturated carbocycles. The van der Waals surface area contributed by atoms with Gasteiger partial charge in [0.1, 0.15) is 36.1 Å². The third kappa shape index (κ3) is 6.93. The van der Waals surface area contributed by atoms with Crippen LogP contribution in [0.25, 0.3) is 0 Å². The summed E-state index contributed by atoms with van der Waals surface area (Å²) in [5.74, 6) is 0.165. The molecule has 0 spiro atoms. The zero-order valence-corrected chi connectivity index (χ0v) is 16.8. The van der Waals surface area contributed by atoms with Crippen LogP contribution in [0.15, 0.2) is 48.5 Å². The quantitative estimate of drug-likeness (QED) is 0.503. The highest BCUT2D eigenvalue weighted by Gasteiger charge is 2.20. The number of rotatable bonds is 10. The minimum Gasteiger partial charge on any atom is -0.497 e. The minimum absolute atomic E-state index is 0.00201. The van der Waals surface area contributed by atoms with E-state index in [4.69, 9.17) is 30.1 Å². The maximum Gasteiger partial charge on any atom is 0.416 e. The molecule has 158 valence electrons. The fourth-order valence-corrected chi connectivity index (χ4v) is 2.38. The second kappa shape index (κ2) is 10.6. The molecular formula is C21H24N3O6+. The summed E-state index contributed by atoms with van der Waals surface area (Å²) in [6, 6.07) is 13.2. The van der Waals surface area contributed by atoms with Gasteiger partial charge in [-0.1, -0.05) is 12.1 Å². The van der Waals surface area contributed by atoms with Crippen LogP contribution >= 0.6 is 0 Å². The van der Waals surface area contributed by atoms with Gasteiger partial charge in [-0.2, -0.15) is 0 Å². The average molecular weight is 414 g/mol. The van der Waals surface area contributed by atoms with Gasteiger partial charge in [0.25, 0.3) is 0 Å². The lowest BCUT2D eigenvalue weighted by atomic mass is 10.2. The van der Waals surface area contributed by atoms with Gasteiger partial charge in [0, 0.05) is 13.5 Å². The van der Waals surface area contributed by atoms with Crippen LogP contribution in [0.2, 0.25) is 0 Å². The first-order chi connectivity index (χ1) is 14.3. The fraction of sp³-hybridized carbons (Fsp3) is 0.238. The number of hydrogen-bond donors (Lipinski definition) is 3. The van der Waals surface area contributed by atoms with Gasteiger partial charge >= 0.3 is 12.1 Å². The van der Waals surface area contributed by atoms with E-state index in [0.29, 0.717) is 22.8 Å². The highest BCUT2D eigenvalue weighted by molar-refractivity contribution is 6.38. The van der Waals surface area contributed by atoms with Gasteiger partial charge in [-0.05, 0) is 42.0 Å². The highest BCUT2D eigenvalue weighted by atomic mass is 16.6. The Kier molecular flexibility index (Phi) is 7.92. The standard InChI is InChI=1S/C21H23N3O6/c1-14(22)19(23)13-29-18-5-3-4-15(10-18)11-24(12-20(25)26)21(27)30-17-8-6-16(28-2)7-9-17/h3-10,22-23H,11-13H2,1-2H3,(H,25,26)/p+1. The topological polar surface area (TPSA) is 135 Å². The van der Waals surface area contributed by atoms with Gasteiger partial charge in [0.2, 0.25) is 0 Å². The van der Waals surface area contributed by atoms with Crippen molar-refractivity contribution in [1.29, 1.82) is 5.41 Å². The minimum atomic E-state index is -1.17. The lowest BCUT2D eigenvalue weighted by molar-refractivity contribution is -0.138. The van der Waals surface area contributed by atoms with Crippen molar-refractivity contribution < 1.29 is 34.3 Å². The Balaban J connectivity index is 2.08. The molecule has 0 unspecified atom stereocenters. The third-order valence-corrected chi connectivity index (χ3v) is 3.98. The normalized spacial score (nSPS) is 10.1. The summed E-state index contributed by atoms with van der Waals surface area (Å²) in [4.78, 5) is 24.8.